The number of aromatic nitrogens is 5. The molecule has 1 atom stereocenters. The molecule has 4 heterocycles. The van der Waals surface area contributed by atoms with Crippen LogP contribution in [0.3, 0.4) is 0 Å². The number of nitrogens with one attached hydrogen (secondary N) is 1. The van der Waals surface area contributed by atoms with Gasteiger partial charge in [-0.15, -0.1) is 5.10 Å². The first-order chi connectivity index (χ1) is 14.7. The maximum absolute atomic E-state index is 13.8. The Bertz CT molecular complexity index is 1170. The molecular weight excluding hydrogens is 381 g/mol. The molecule has 0 spiro atoms. The van der Waals surface area contributed by atoms with Crippen molar-refractivity contribution in [3.8, 4) is 11.3 Å². The van der Waals surface area contributed by atoms with E-state index in [1.54, 1.807) is 30.7 Å². The largest absolute Gasteiger partial charge is 0.355 e. The maximum atomic E-state index is 13.8. The van der Waals surface area contributed by atoms with E-state index in [0.29, 0.717) is 5.95 Å². The standard InChI is InChI=1S/C22H22FN7/c1-2-24-22-26-12-16(13-27-22)19-14-25-20-8-9-21(28-30(19)20)29-10-4-7-18(29)15-5-3-6-17(23)11-15/h3,5-6,8-9,11-14,18H,2,4,7,10H2,1H3,(H,24,26,27). The lowest BCUT2D eigenvalue weighted by atomic mass is 10.0. The van der Waals surface area contributed by atoms with E-state index < -0.39 is 0 Å². The molecule has 0 bridgehead atoms. The summed E-state index contributed by atoms with van der Waals surface area (Å²) in [6.45, 7) is 3.65. The molecule has 0 amide bonds. The summed E-state index contributed by atoms with van der Waals surface area (Å²) in [6.07, 6.45) is 7.34. The molecule has 1 saturated heterocycles. The Hall–Kier alpha value is -3.55. The number of hydrogen-bond donors (Lipinski definition) is 1. The number of halogens is 1. The van der Waals surface area contributed by atoms with Crippen molar-refractivity contribution in [2.24, 2.45) is 0 Å². The predicted molar refractivity (Wildman–Crippen MR) is 114 cm³/mol. The third-order valence-electron chi connectivity index (χ3n) is 5.41. The number of fused-ring (bicyclic) bond motifs is 1. The van der Waals surface area contributed by atoms with Gasteiger partial charge in [0.15, 0.2) is 5.65 Å². The number of imidazole rings is 1. The van der Waals surface area contributed by atoms with Gasteiger partial charge in [0, 0.05) is 31.0 Å². The van der Waals surface area contributed by atoms with Gasteiger partial charge in [-0.05, 0) is 49.6 Å². The van der Waals surface area contributed by atoms with E-state index in [1.165, 1.54) is 6.07 Å². The highest BCUT2D eigenvalue weighted by atomic mass is 19.1. The zero-order chi connectivity index (χ0) is 20.5. The maximum Gasteiger partial charge on any atom is 0.222 e. The Balaban J connectivity index is 1.51. The Labute approximate surface area is 173 Å². The lowest BCUT2D eigenvalue weighted by molar-refractivity contribution is 0.617. The predicted octanol–water partition coefficient (Wildman–Crippen LogP) is 4.10. The van der Waals surface area contributed by atoms with Crippen molar-refractivity contribution in [3.05, 3.63) is 66.4 Å². The molecule has 0 saturated carbocycles. The molecule has 30 heavy (non-hydrogen) atoms. The van der Waals surface area contributed by atoms with Crippen LogP contribution >= 0.6 is 0 Å². The third-order valence-corrected chi connectivity index (χ3v) is 5.41. The molecule has 4 aromatic rings. The summed E-state index contributed by atoms with van der Waals surface area (Å²) >= 11 is 0. The summed E-state index contributed by atoms with van der Waals surface area (Å²) in [5.74, 6) is 1.23. The summed E-state index contributed by atoms with van der Waals surface area (Å²) < 4.78 is 15.6. The number of benzene rings is 1. The van der Waals surface area contributed by atoms with Crippen molar-refractivity contribution in [1.82, 2.24) is 24.6 Å². The second-order valence-electron chi connectivity index (χ2n) is 7.34. The number of rotatable bonds is 5. The van der Waals surface area contributed by atoms with E-state index in [2.05, 4.69) is 25.2 Å². The van der Waals surface area contributed by atoms with Crippen LogP contribution in [0.5, 0.6) is 0 Å². The molecule has 1 aromatic carbocycles. The normalized spacial score (nSPS) is 16.3. The van der Waals surface area contributed by atoms with Crippen LogP contribution in [0.1, 0.15) is 31.4 Å². The second kappa shape index (κ2) is 7.70. The Morgan fingerprint density at radius 3 is 2.77 bits per heavy atom. The summed E-state index contributed by atoms with van der Waals surface area (Å²) in [6, 6.07) is 10.9. The van der Waals surface area contributed by atoms with E-state index in [9.17, 15) is 4.39 Å². The van der Waals surface area contributed by atoms with Crippen molar-refractivity contribution < 1.29 is 4.39 Å². The van der Waals surface area contributed by atoms with Crippen LogP contribution in [0.15, 0.2) is 55.0 Å². The van der Waals surface area contributed by atoms with Crippen molar-refractivity contribution in [2.75, 3.05) is 23.3 Å². The fourth-order valence-corrected chi connectivity index (χ4v) is 4.02. The molecular formula is C22H22FN7. The smallest absolute Gasteiger partial charge is 0.222 e. The summed E-state index contributed by atoms with van der Waals surface area (Å²) in [7, 11) is 0. The molecule has 5 rings (SSSR count). The fourth-order valence-electron chi connectivity index (χ4n) is 4.02. The van der Waals surface area contributed by atoms with Crippen molar-refractivity contribution in [3.63, 3.8) is 0 Å². The highest BCUT2D eigenvalue weighted by Crippen LogP contribution is 2.35. The third kappa shape index (κ3) is 3.34. The lowest BCUT2D eigenvalue weighted by Crippen LogP contribution is -2.24. The molecule has 1 aliphatic heterocycles. The minimum Gasteiger partial charge on any atom is -0.355 e. The van der Waals surface area contributed by atoms with E-state index >= 15 is 0 Å². The minimum atomic E-state index is -0.208. The molecule has 7 nitrogen and oxygen atoms in total. The Kier molecular flexibility index (Phi) is 4.74. The monoisotopic (exact) mass is 403 g/mol. The van der Waals surface area contributed by atoms with E-state index in [1.807, 2.05) is 29.6 Å². The van der Waals surface area contributed by atoms with Crippen molar-refractivity contribution in [1.29, 1.82) is 0 Å². The van der Waals surface area contributed by atoms with Gasteiger partial charge in [-0.2, -0.15) is 0 Å². The summed E-state index contributed by atoms with van der Waals surface area (Å²) in [4.78, 5) is 15.4. The number of nitrogens with zero attached hydrogens (tertiary/aromatic N) is 6. The number of anilines is 2. The summed E-state index contributed by atoms with van der Waals surface area (Å²) in [5.41, 5.74) is 3.41. The van der Waals surface area contributed by atoms with Crippen LogP contribution in [0.4, 0.5) is 16.2 Å². The van der Waals surface area contributed by atoms with E-state index in [4.69, 9.17) is 5.10 Å². The van der Waals surface area contributed by atoms with Crippen LogP contribution in [-0.4, -0.2) is 37.7 Å². The highest BCUT2D eigenvalue weighted by molar-refractivity contribution is 5.63. The van der Waals surface area contributed by atoms with Gasteiger partial charge in [-0.25, -0.2) is 23.9 Å². The molecule has 152 valence electrons. The molecule has 1 fully saturated rings. The van der Waals surface area contributed by atoms with Crippen LogP contribution in [-0.2, 0) is 0 Å². The van der Waals surface area contributed by atoms with Gasteiger partial charge in [0.1, 0.15) is 11.6 Å². The number of hydrogen-bond acceptors (Lipinski definition) is 6. The van der Waals surface area contributed by atoms with Gasteiger partial charge < -0.3 is 10.2 Å². The quantitative estimate of drug-likeness (QED) is 0.541. The first-order valence-corrected chi connectivity index (χ1v) is 10.2. The molecule has 0 aliphatic carbocycles. The average molecular weight is 403 g/mol. The molecule has 1 aliphatic rings. The first kappa shape index (κ1) is 18.5. The van der Waals surface area contributed by atoms with E-state index in [0.717, 1.165) is 54.2 Å². The van der Waals surface area contributed by atoms with Crippen LogP contribution in [0.2, 0.25) is 0 Å². The van der Waals surface area contributed by atoms with Crippen molar-refractivity contribution in [2.45, 2.75) is 25.8 Å². The molecule has 0 radical (unpaired) electrons. The molecule has 1 unspecified atom stereocenters. The van der Waals surface area contributed by atoms with Gasteiger partial charge in [0.05, 0.1) is 17.9 Å². The van der Waals surface area contributed by atoms with Crippen molar-refractivity contribution >= 4 is 17.4 Å². The topological polar surface area (TPSA) is 71.2 Å². The van der Waals surface area contributed by atoms with Gasteiger partial charge in [0.2, 0.25) is 5.95 Å². The molecule has 8 heteroatoms. The fraction of sp³-hybridized carbons (Fsp3) is 0.273. The molecule has 3 aromatic heterocycles. The van der Waals surface area contributed by atoms with Crippen LogP contribution < -0.4 is 10.2 Å². The zero-order valence-corrected chi connectivity index (χ0v) is 16.7. The average Bonchev–Trinajstić information content (AvgIpc) is 3.41. The van der Waals surface area contributed by atoms with Gasteiger partial charge in [0.25, 0.3) is 0 Å². The highest BCUT2D eigenvalue weighted by Gasteiger charge is 2.28. The van der Waals surface area contributed by atoms with Crippen LogP contribution in [0, 0.1) is 5.82 Å². The minimum absolute atomic E-state index is 0.111. The van der Waals surface area contributed by atoms with Gasteiger partial charge >= 0.3 is 0 Å². The zero-order valence-electron chi connectivity index (χ0n) is 16.7. The summed E-state index contributed by atoms with van der Waals surface area (Å²) in [5, 5.41) is 7.96. The Morgan fingerprint density at radius 1 is 1.10 bits per heavy atom. The lowest BCUT2D eigenvalue weighted by Gasteiger charge is -2.26. The SMILES string of the molecule is CCNc1ncc(-c2cnc3ccc(N4CCCC4c4cccc(F)c4)nn23)cn1. The van der Waals surface area contributed by atoms with Gasteiger partial charge in [-0.1, -0.05) is 12.1 Å². The van der Waals surface area contributed by atoms with Crippen LogP contribution in [0.25, 0.3) is 16.9 Å². The van der Waals surface area contributed by atoms with E-state index in [-0.39, 0.29) is 11.9 Å². The molecule has 1 N–H and O–H groups in total. The first-order valence-electron chi connectivity index (χ1n) is 10.2. The Morgan fingerprint density at radius 2 is 1.97 bits per heavy atom. The second-order valence-corrected chi connectivity index (χ2v) is 7.34. The van der Waals surface area contributed by atoms with Gasteiger partial charge in [-0.3, -0.25) is 0 Å².